The first-order valence-corrected chi connectivity index (χ1v) is 19.1. The van der Waals surface area contributed by atoms with Crippen molar-refractivity contribution < 1.29 is 4.79 Å². The van der Waals surface area contributed by atoms with Crippen LogP contribution in [-0.2, 0) is 24.4 Å². The van der Waals surface area contributed by atoms with Crippen LogP contribution in [0.2, 0.25) is 0 Å². The largest absolute Gasteiger partial charge is 0.328 e. The van der Waals surface area contributed by atoms with Crippen LogP contribution in [0.3, 0.4) is 0 Å². The van der Waals surface area contributed by atoms with Crippen molar-refractivity contribution in [2.45, 2.75) is 62.3 Å². The van der Waals surface area contributed by atoms with E-state index < -0.39 is 0 Å². The number of piperidine rings is 2. The summed E-state index contributed by atoms with van der Waals surface area (Å²) in [6.07, 6.45) is 11.3. The van der Waals surface area contributed by atoms with Crippen LogP contribution >= 0.6 is 11.8 Å². The minimum atomic E-state index is 0.00880. The molecule has 0 atom stereocenters. The number of rotatable bonds is 9. The molecule has 0 bridgehead atoms. The van der Waals surface area contributed by atoms with Crippen LogP contribution in [0.1, 0.15) is 31.4 Å². The Kier molecular flexibility index (Phi) is 11.7. The van der Waals surface area contributed by atoms with Crippen molar-refractivity contribution in [1.29, 1.82) is 0 Å². The maximum Gasteiger partial charge on any atom is 0.251 e. The lowest BCUT2D eigenvalue weighted by Gasteiger charge is -2.32. The topological polar surface area (TPSA) is 156 Å². The van der Waals surface area contributed by atoms with Crippen molar-refractivity contribution in [2.24, 2.45) is 5.73 Å². The monoisotopic (exact) mass is 722 g/mol. The number of thioether (sulfide) groups is 1. The van der Waals surface area contributed by atoms with Crippen LogP contribution in [0.15, 0.2) is 87.8 Å². The molecule has 0 saturated carbocycles. The predicted molar refractivity (Wildman–Crippen MR) is 206 cm³/mol. The molecule has 0 spiro atoms. The average Bonchev–Trinajstić information content (AvgIpc) is 3.17. The van der Waals surface area contributed by atoms with Gasteiger partial charge in [0.1, 0.15) is 5.82 Å². The van der Waals surface area contributed by atoms with Crippen molar-refractivity contribution in [2.75, 3.05) is 50.3 Å². The van der Waals surface area contributed by atoms with Gasteiger partial charge in [-0.1, -0.05) is 0 Å². The summed E-state index contributed by atoms with van der Waals surface area (Å²) in [6, 6.07) is 15.7. The number of aromatic nitrogens is 5. The van der Waals surface area contributed by atoms with E-state index in [0.29, 0.717) is 43.3 Å². The Morgan fingerprint density at radius 3 is 1.90 bits per heavy atom. The fraction of sp³-hybridized carbons (Fsp3) is 0.421. The molecule has 0 aromatic carbocycles. The third kappa shape index (κ3) is 8.93. The number of nitrogens with two attached hydrogens (primary N) is 1. The van der Waals surface area contributed by atoms with Crippen LogP contribution < -0.4 is 27.5 Å². The molecule has 272 valence electrons. The second kappa shape index (κ2) is 16.9. The Bertz CT molecular complexity index is 2120. The second-order valence-corrected chi connectivity index (χ2v) is 14.7. The SMILES string of the molecule is NC1CCN(CCn2c(=O)ccc3ccncc32)CC1.O=C1CSc2ccc(CNC3CCN(CCn4c(=O)ccc5ccncc54)CC3)nc2N1. The van der Waals surface area contributed by atoms with E-state index in [-0.39, 0.29) is 17.0 Å². The van der Waals surface area contributed by atoms with Gasteiger partial charge in [0.2, 0.25) is 5.91 Å². The third-order valence-electron chi connectivity index (χ3n) is 10.2. The van der Waals surface area contributed by atoms with Gasteiger partial charge in [-0.25, -0.2) is 4.98 Å². The highest BCUT2D eigenvalue weighted by molar-refractivity contribution is 8.00. The van der Waals surface area contributed by atoms with Crippen molar-refractivity contribution in [3.8, 4) is 0 Å². The first-order chi connectivity index (χ1) is 25.4. The first-order valence-electron chi connectivity index (χ1n) is 18.1. The number of fused-ring (bicyclic) bond motifs is 3. The molecule has 0 unspecified atom stereocenters. The number of hydrogen-bond acceptors (Lipinski definition) is 11. The number of likely N-dealkylation sites (tertiary alicyclic amines) is 2. The summed E-state index contributed by atoms with van der Waals surface area (Å²) in [6.45, 7) is 7.86. The molecule has 2 saturated heterocycles. The van der Waals surface area contributed by atoms with E-state index in [1.54, 1.807) is 36.9 Å². The Balaban J connectivity index is 0.000000180. The first kappa shape index (κ1) is 35.9. The molecule has 3 aliphatic rings. The van der Waals surface area contributed by atoms with E-state index in [9.17, 15) is 14.4 Å². The highest BCUT2D eigenvalue weighted by atomic mass is 32.2. The molecular weight excluding hydrogens is 677 g/mol. The van der Waals surface area contributed by atoms with Crippen LogP contribution in [-0.4, -0.2) is 96.9 Å². The Morgan fingerprint density at radius 1 is 0.731 bits per heavy atom. The number of carbonyl (C=O) groups is 1. The molecule has 0 aliphatic carbocycles. The molecule has 8 rings (SSSR count). The van der Waals surface area contributed by atoms with Crippen LogP contribution in [0.25, 0.3) is 21.8 Å². The summed E-state index contributed by atoms with van der Waals surface area (Å²) in [5.41, 5.74) is 8.72. The van der Waals surface area contributed by atoms with E-state index in [0.717, 1.165) is 97.3 Å². The zero-order valence-electron chi connectivity index (χ0n) is 29.3. The number of amides is 1. The molecule has 13 nitrogen and oxygen atoms in total. The van der Waals surface area contributed by atoms with E-state index in [4.69, 9.17) is 5.73 Å². The highest BCUT2D eigenvalue weighted by Gasteiger charge is 2.21. The van der Waals surface area contributed by atoms with Gasteiger partial charge in [0.25, 0.3) is 11.1 Å². The summed E-state index contributed by atoms with van der Waals surface area (Å²) in [7, 11) is 0. The smallest absolute Gasteiger partial charge is 0.251 e. The lowest BCUT2D eigenvalue weighted by molar-refractivity contribution is -0.113. The molecule has 14 heteroatoms. The molecule has 5 aromatic rings. The van der Waals surface area contributed by atoms with E-state index in [2.05, 4.69) is 35.4 Å². The van der Waals surface area contributed by atoms with Gasteiger partial charge in [0, 0.05) is 80.1 Å². The number of hydrogen-bond donors (Lipinski definition) is 3. The van der Waals surface area contributed by atoms with Gasteiger partial charge < -0.3 is 35.3 Å². The fourth-order valence-corrected chi connectivity index (χ4v) is 7.86. The molecule has 5 aromatic heterocycles. The minimum Gasteiger partial charge on any atom is -0.328 e. The van der Waals surface area contributed by atoms with E-state index >= 15 is 0 Å². The van der Waals surface area contributed by atoms with Gasteiger partial charge in [-0.15, -0.1) is 11.8 Å². The molecule has 8 heterocycles. The molecule has 0 radical (unpaired) electrons. The highest BCUT2D eigenvalue weighted by Crippen LogP contribution is 2.29. The maximum atomic E-state index is 12.4. The van der Waals surface area contributed by atoms with Crippen LogP contribution in [0.4, 0.5) is 5.82 Å². The second-order valence-electron chi connectivity index (χ2n) is 13.7. The summed E-state index contributed by atoms with van der Waals surface area (Å²) in [5.74, 6) is 1.14. The molecule has 52 heavy (non-hydrogen) atoms. The number of anilines is 1. The fourth-order valence-electron chi connectivity index (χ4n) is 7.10. The van der Waals surface area contributed by atoms with Crippen molar-refractivity contribution in [1.82, 2.24) is 39.2 Å². The van der Waals surface area contributed by atoms with Gasteiger partial charge in [-0.05, 0) is 88.3 Å². The molecule has 1 amide bonds. The van der Waals surface area contributed by atoms with E-state index in [1.165, 1.54) is 11.8 Å². The normalized spacial score (nSPS) is 17.4. The Morgan fingerprint density at radius 2 is 1.31 bits per heavy atom. The van der Waals surface area contributed by atoms with Gasteiger partial charge in [0.15, 0.2) is 0 Å². The lowest BCUT2D eigenvalue weighted by atomic mass is 10.0. The summed E-state index contributed by atoms with van der Waals surface area (Å²) >= 11 is 1.53. The zero-order valence-corrected chi connectivity index (χ0v) is 30.1. The predicted octanol–water partition coefficient (Wildman–Crippen LogP) is 2.91. The average molecular weight is 723 g/mol. The van der Waals surface area contributed by atoms with Crippen molar-refractivity contribution in [3.63, 3.8) is 0 Å². The Labute approximate surface area is 306 Å². The number of carbonyl (C=O) groups excluding carboxylic acids is 1. The number of nitrogens with one attached hydrogen (secondary N) is 2. The van der Waals surface area contributed by atoms with Crippen molar-refractivity contribution in [3.05, 3.63) is 99.7 Å². The molecule has 4 N–H and O–H groups in total. The molecule has 3 aliphatic heterocycles. The van der Waals surface area contributed by atoms with Gasteiger partial charge in [-0.3, -0.25) is 24.4 Å². The third-order valence-corrected chi connectivity index (χ3v) is 11.2. The van der Waals surface area contributed by atoms with Gasteiger partial charge in [0.05, 0.1) is 39.8 Å². The number of pyridine rings is 5. The number of nitrogens with zero attached hydrogens (tertiary/aromatic N) is 7. The van der Waals surface area contributed by atoms with Gasteiger partial charge >= 0.3 is 0 Å². The van der Waals surface area contributed by atoms with Crippen molar-refractivity contribution >= 4 is 45.3 Å². The maximum absolute atomic E-state index is 12.4. The molecular formula is C38H46N10O3S. The van der Waals surface area contributed by atoms with Gasteiger partial charge in [-0.2, -0.15) is 0 Å². The standard InChI is InChI=1S/C23H26N6O2S.C15H20N4O/c30-21-15-32-20-3-2-18(26-23(20)27-21)13-25-17-6-9-28(10-7-17)11-12-29-19-14-24-8-5-16(19)1-4-22(29)31;16-13-4-7-18(8-5-13)9-10-19-14-11-17-6-3-12(14)1-2-15(19)20/h1-5,8,14,17,25H,6-7,9-13,15H2,(H,26,27,30);1-3,6,11,13H,4-5,7-10,16H2. The van der Waals surface area contributed by atoms with Crippen LogP contribution in [0.5, 0.6) is 0 Å². The quantitative estimate of drug-likeness (QED) is 0.206. The molecule has 2 fully saturated rings. The zero-order chi connectivity index (χ0) is 35.9. The minimum absolute atomic E-state index is 0.00880. The van der Waals surface area contributed by atoms with Crippen LogP contribution in [0, 0.1) is 0 Å². The summed E-state index contributed by atoms with van der Waals surface area (Å²) in [5, 5.41) is 8.56. The summed E-state index contributed by atoms with van der Waals surface area (Å²) < 4.78 is 3.64. The Hall–Kier alpha value is -4.47. The summed E-state index contributed by atoms with van der Waals surface area (Å²) in [4.78, 5) is 54.7. The van der Waals surface area contributed by atoms with E-state index in [1.807, 2.05) is 45.5 Å². The lowest BCUT2D eigenvalue weighted by Crippen LogP contribution is -2.43.